The molecular formula is C15H18BrFN2. The molecule has 1 heterocycles. The topological polar surface area (TPSA) is 24.9 Å². The zero-order valence-corrected chi connectivity index (χ0v) is 13.1. The summed E-state index contributed by atoms with van der Waals surface area (Å²) in [5.74, 6) is -0.227. The van der Waals surface area contributed by atoms with Crippen LogP contribution in [0.3, 0.4) is 0 Å². The number of rotatable bonds is 4. The Bertz CT molecular complexity index is 611. The molecule has 0 aliphatic carbocycles. The van der Waals surface area contributed by atoms with E-state index >= 15 is 0 Å². The Hall–Kier alpha value is -1.16. The molecule has 2 aromatic rings. The van der Waals surface area contributed by atoms with Crippen LogP contribution in [0.15, 0.2) is 16.6 Å². The molecule has 2 rings (SSSR count). The van der Waals surface area contributed by atoms with Gasteiger partial charge in [-0.15, -0.1) is 0 Å². The third-order valence-electron chi connectivity index (χ3n) is 3.27. The van der Waals surface area contributed by atoms with Gasteiger partial charge in [0.25, 0.3) is 0 Å². The maximum atomic E-state index is 14.2. The fourth-order valence-corrected chi connectivity index (χ4v) is 2.67. The zero-order chi connectivity index (χ0) is 14.0. The van der Waals surface area contributed by atoms with Crippen molar-refractivity contribution in [2.45, 2.75) is 33.6 Å². The Labute approximate surface area is 121 Å². The van der Waals surface area contributed by atoms with E-state index in [4.69, 9.17) is 0 Å². The van der Waals surface area contributed by atoms with Gasteiger partial charge >= 0.3 is 0 Å². The smallest absolute Gasteiger partial charge is 0.134 e. The maximum Gasteiger partial charge on any atom is 0.134 e. The summed E-state index contributed by atoms with van der Waals surface area (Å²) in [5.41, 5.74) is 3.63. The van der Waals surface area contributed by atoms with Crippen molar-refractivity contribution in [2.24, 2.45) is 0 Å². The Morgan fingerprint density at radius 2 is 2.05 bits per heavy atom. The number of nitrogens with one attached hydrogen (secondary N) is 1. The minimum atomic E-state index is -0.227. The number of pyridine rings is 1. The molecule has 4 heteroatoms. The molecule has 0 saturated heterocycles. The van der Waals surface area contributed by atoms with Gasteiger partial charge < -0.3 is 5.32 Å². The van der Waals surface area contributed by atoms with Crippen molar-refractivity contribution in [2.75, 3.05) is 11.9 Å². The minimum absolute atomic E-state index is 0.227. The Kier molecular flexibility index (Phi) is 4.40. The molecule has 0 unspecified atom stereocenters. The Balaban J connectivity index is 2.79. The summed E-state index contributed by atoms with van der Waals surface area (Å²) in [6, 6.07) is 3.19. The van der Waals surface area contributed by atoms with E-state index < -0.39 is 0 Å². The van der Waals surface area contributed by atoms with E-state index in [9.17, 15) is 4.39 Å². The third-order valence-corrected chi connectivity index (χ3v) is 3.91. The van der Waals surface area contributed by atoms with Gasteiger partial charge in [0, 0.05) is 16.7 Å². The van der Waals surface area contributed by atoms with Gasteiger partial charge in [0.1, 0.15) is 5.82 Å². The number of hydrogen-bond acceptors (Lipinski definition) is 2. The number of benzene rings is 1. The molecule has 0 amide bonds. The largest absolute Gasteiger partial charge is 0.384 e. The SMILES string of the molecule is CCCNc1c(C)c(CC)nc2c(Br)ccc(F)c12. The highest BCUT2D eigenvalue weighted by atomic mass is 79.9. The van der Waals surface area contributed by atoms with Gasteiger partial charge in [-0.1, -0.05) is 13.8 Å². The van der Waals surface area contributed by atoms with Gasteiger partial charge in [-0.25, -0.2) is 4.39 Å². The van der Waals surface area contributed by atoms with Crippen molar-refractivity contribution >= 4 is 32.5 Å². The van der Waals surface area contributed by atoms with Gasteiger partial charge in [-0.2, -0.15) is 0 Å². The average molecular weight is 325 g/mol. The van der Waals surface area contributed by atoms with Gasteiger partial charge in [0.2, 0.25) is 0 Å². The first kappa shape index (κ1) is 14.3. The standard InChI is InChI=1S/C15H18BrFN2/c1-4-8-18-14-9(3)12(5-2)19-15-10(16)6-7-11(17)13(14)15/h6-7H,4-5,8H2,1-3H3,(H,18,19). The molecule has 0 bridgehead atoms. The predicted octanol–water partition coefficient (Wildman–Crippen LogP) is 4.83. The van der Waals surface area contributed by atoms with Crippen molar-refractivity contribution in [3.63, 3.8) is 0 Å². The first-order valence-electron chi connectivity index (χ1n) is 6.61. The van der Waals surface area contributed by atoms with Crippen LogP contribution >= 0.6 is 15.9 Å². The van der Waals surface area contributed by atoms with E-state index in [0.717, 1.165) is 40.8 Å². The molecule has 102 valence electrons. The first-order chi connectivity index (χ1) is 9.10. The van der Waals surface area contributed by atoms with Crippen LogP contribution in [0.2, 0.25) is 0 Å². The number of anilines is 1. The molecule has 1 N–H and O–H groups in total. The second kappa shape index (κ2) is 5.87. The lowest BCUT2D eigenvalue weighted by atomic mass is 10.0. The lowest BCUT2D eigenvalue weighted by Gasteiger charge is -2.16. The van der Waals surface area contributed by atoms with Gasteiger partial charge in [0.05, 0.1) is 16.6 Å². The van der Waals surface area contributed by atoms with Crippen molar-refractivity contribution < 1.29 is 4.39 Å². The fourth-order valence-electron chi connectivity index (χ4n) is 2.25. The molecule has 0 saturated carbocycles. The van der Waals surface area contributed by atoms with Gasteiger partial charge in [-0.05, 0) is 53.4 Å². The monoisotopic (exact) mass is 324 g/mol. The number of aromatic nitrogens is 1. The molecule has 0 aliphatic heterocycles. The van der Waals surface area contributed by atoms with Crippen molar-refractivity contribution in [1.29, 1.82) is 0 Å². The average Bonchev–Trinajstić information content (AvgIpc) is 2.41. The predicted molar refractivity (Wildman–Crippen MR) is 82.3 cm³/mol. The molecule has 0 spiro atoms. The minimum Gasteiger partial charge on any atom is -0.384 e. The van der Waals surface area contributed by atoms with Crippen LogP contribution in [0.4, 0.5) is 10.1 Å². The molecule has 0 radical (unpaired) electrons. The van der Waals surface area contributed by atoms with E-state index in [0.29, 0.717) is 10.9 Å². The van der Waals surface area contributed by atoms with Crippen LogP contribution in [0, 0.1) is 12.7 Å². The molecule has 19 heavy (non-hydrogen) atoms. The molecule has 0 fully saturated rings. The number of nitrogens with zero attached hydrogens (tertiary/aromatic N) is 1. The Morgan fingerprint density at radius 3 is 2.68 bits per heavy atom. The third kappa shape index (κ3) is 2.59. The molecule has 1 aromatic heterocycles. The van der Waals surface area contributed by atoms with Crippen LogP contribution in [-0.2, 0) is 6.42 Å². The summed E-state index contributed by atoms with van der Waals surface area (Å²) >= 11 is 3.46. The normalized spacial score (nSPS) is 11.0. The second-order valence-corrected chi connectivity index (χ2v) is 5.45. The van der Waals surface area contributed by atoms with Crippen molar-refractivity contribution in [3.05, 3.63) is 33.7 Å². The highest BCUT2D eigenvalue weighted by Crippen LogP contribution is 2.34. The molecule has 0 atom stereocenters. The summed E-state index contributed by atoms with van der Waals surface area (Å²) in [6.45, 7) is 7.00. The molecule has 1 aromatic carbocycles. The molecule has 2 nitrogen and oxygen atoms in total. The van der Waals surface area contributed by atoms with Crippen molar-refractivity contribution in [1.82, 2.24) is 4.98 Å². The second-order valence-electron chi connectivity index (χ2n) is 4.59. The summed E-state index contributed by atoms with van der Waals surface area (Å²) in [6.07, 6.45) is 1.84. The van der Waals surface area contributed by atoms with E-state index in [-0.39, 0.29) is 5.82 Å². The lowest BCUT2D eigenvalue weighted by molar-refractivity contribution is 0.639. The fraction of sp³-hybridized carbons (Fsp3) is 0.400. The highest BCUT2D eigenvalue weighted by molar-refractivity contribution is 9.10. The van der Waals surface area contributed by atoms with E-state index in [1.54, 1.807) is 6.07 Å². The number of halogens is 2. The van der Waals surface area contributed by atoms with E-state index in [2.05, 4.69) is 40.1 Å². The van der Waals surface area contributed by atoms with Crippen LogP contribution in [0.1, 0.15) is 31.5 Å². The van der Waals surface area contributed by atoms with Crippen molar-refractivity contribution in [3.8, 4) is 0 Å². The molecular weight excluding hydrogens is 307 g/mol. The summed E-state index contributed by atoms with van der Waals surface area (Å²) in [5, 5.41) is 3.93. The zero-order valence-electron chi connectivity index (χ0n) is 11.5. The highest BCUT2D eigenvalue weighted by Gasteiger charge is 2.15. The number of aryl methyl sites for hydroxylation is 1. The van der Waals surface area contributed by atoms with E-state index in [1.165, 1.54) is 6.07 Å². The lowest BCUT2D eigenvalue weighted by Crippen LogP contribution is -2.07. The summed E-state index contributed by atoms with van der Waals surface area (Å²) in [7, 11) is 0. The van der Waals surface area contributed by atoms with Gasteiger partial charge in [0.15, 0.2) is 0 Å². The van der Waals surface area contributed by atoms with Crippen LogP contribution < -0.4 is 5.32 Å². The molecule has 0 aliphatic rings. The number of hydrogen-bond donors (Lipinski definition) is 1. The number of fused-ring (bicyclic) bond motifs is 1. The quantitative estimate of drug-likeness (QED) is 0.871. The van der Waals surface area contributed by atoms with Gasteiger partial charge in [-0.3, -0.25) is 4.98 Å². The van der Waals surface area contributed by atoms with E-state index in [1.807, 2.05) is 6.92 Å². The summed E-state index contributed by atoms with van der Waals surface area (Å²) in [4.78, 5) is 4.60. The first-order valence-corrected chi connectivity index (χ1v) is 7.40. The van der Waals surface area contributed by atoms with Crippen LogP contribution in [0.25, 0.3) is 10.9 Å². The maximum absolute atomic E-state index is 14.2. The Morgan fingerprint density at radius 1 is 1.32 bits per heavy atom. The summed E-state index contributed by atoms with van der Waals surface area (Å²) < 4.78 is 15.0. The van der Waals surface area contributed by atoms with Crippen LogP contribution in [-0.4, -0.2) is 11.5 Å². The van der Waals surface area contributed by atoms with Crippen LogP contribution in [0.5, 0.6) is 0 Å².